The van der Waals surface area contributed by atoms with Gasteiger partial charge in [-0.25, -0.2) is 8.42 Å². The number of halogens is 1. The van der Waals surface area contributed by atoms with Crippen molar-refractivity contribution >= 4 is 31.7 Å². The van der Waals surface area contributed by atoms with Crippen LogP contribution in [0.3, 0.4) is 0 Å². The number of nitrogens with zero attached hydrogens (tertiary/aromatic N) is 2. The normalized spacial score (nSPS) is 17.4. The summed E-state index contributed by atoms with van der Waals surface area (Å²) in [6, 6.07) is 9.15. The molecular weight excluding hydrogens is 446 g/mol. The van der Waals surface area contributed by atoms with Crippen LogP contribution in [0.2, 0.25) is 0 Å². The molecule has 1 aromatic heterocycles. The zero-order valence-electron chi connectivity index (χ0n) is 15.9. The summed E-state index contributed by atoms with van der Waals surface area (Å²) >= 11 is 3.28. The summed E-state index contributed by atoms with van der Waals surface area (Å²) in [6.07, 6.45) is 0. The van der Waals surface area contributed by atoms with Gasteiger partial charge in [0.15, 0.2) is 5.76 Å². The van der Waals surface area contributed by atoms with Crippen molar-refractivity contribution in [1.29, 1.82) is 0 Å². The van der Waals surface area contributed by atoms with Gasteiger partial charge in [-0.3, -0.25) is 9.69 Å². The van der Waals surface area contributed by atoms with Crippen molar-refractivity contribution in [3.8, 4) is 0 Å². The van der Waals surface area contributed by atoms with Gasteiger partial charge in [0.25, 0.3) is 5.91 Å². The summed E-state index contributed by atoms with van der Waals surface area (Å²) in [5, 5.41) is 2.59. The van der Waals surface area contributed by atoms with Crippen LogP contribution in [0, 0.1) is 0 Å². The van der Waals surface area contributed by atoms with E-state index in [0.29, 0.717) is 6.54 Å². The van der Waals surface area contributed by atoms with E-state index in [1.54, 1.807) is 12.1 Å². The maximum absolute atomic E-state index is 12.6. The Morgan fingerprint density at radius 3 is 2.43 bits per heavy atom. The van der Waals surface area contributed by atoms with Crippen molar-refractivity contribution in [3.63, 3.8) is 0 Å². The van der Waals surface area contributed by atoms with Gasteiger partial charge in [-0.05, 0) is 50.4 Å². The van der Waals surface area contributed by atoms with Crippen LogP contribution in [0.5, 0.6) is 0 Å². The van der Waals surface area contributed by atoms with Crippen LogP contribution in [0.1, 0.15) is 17.5 Å². The van der Waals surface area contributed by atoms with Gasteiger partial charge < -0.3 is 14.6 Å². The Morgan fingerprint density at radius 1 is 1.14 bits per heavy atom. The smallest absolute Gasteiger partial charge is 0.287 e. The molecule has 1 aromatic carbocycles. The number of carbonyl (C=O) groups excluding carboxylic acids is 1. The van der Waals surface area contributed by atoms with Crippen LogP contribution in [-0.4, -0.2) is 69.9 Å². The summed E-state index contributed by atoms with van der Waals surface area (Å²) in [6.45, 7) is 6.48. The van der Waals surface area contributed by atoms with Crippen molar-refractivity contribution in [2.75, 3.05) is 39.8 Å². The lowest BCUT2D eigenvalue weighted by molar-refractivity contribution is 0.0874. The molecule has 1 aliphatic rings. The minimum atomic E-state index is -3.80. The number of sulfone groups is 1. The Hall–Kier alpha value is -1.68. The highest BCUT2D eigenvalue weighted by Gasteiger charge is 2.24. The first kappa shape index (κ1) is 21.0. The SMILES string of the molecule is C[C@H](CNC(=O)c1ccc(S(=O)(=O)c2ccc(Br)cc2)o1)N1CCN(C)CC1. The molecule has 0 aliphatic carbocycles. The second-order valence-electron chi connectivity index (χ2n) is 6.97. The van der Waals surface area contributed by atoms with Crippen LogP contribution in [-0.2, 0) is 9.84 Å². The molecule has 1 atom stereocenters. The second-order valence-corrected chi connectivity index (χ2v) is 9.77. The van der Waals surface area contributed by atoms with Crippen molar-refractivity contribution in [1.82, 2.24) is 15.1 Å². The van der Waals surface area contributed by atoms with Crippen LogP contribution in [0.15, 0.2) is 55.3 Å². The molecule has 0 saturated carbocycles. The Morgan fingerprint density at radius 2 is 1.79 bits per heavy atom. The van der Waals surface area contributed by atoms with Crippen LogP contribution >= 0.6 is 15.9 Å². The van der Waals surface area contributed by atoms with E-state index in [1.165, 1.54) is 24.3 Å². The molecule has 1 fully saturated rings. The summed E-state index contributed by atoms with van der Waals surface area (Å²) in [5.74, 6) is -0.431. The molecule has 2 heterocycles. The van der Waals surface area contributed by atoms with E-state index in [1.807, 2.05) is 0 Å². The highest BCUT2D eigenvalue weighted by molar-refractivity contribution is 9.10. The number of amides is 1. The summed E-state index contributed by atoms with van der Waals surface area (Å²) < 4.78 is 31.4. The van der Waals surface area contributed by atoms with Gasteiger partial charge in [0.05, 0.1) is 4.90 Å². The molecule has 0 bridgehead atoms. The highest BCUT2D eigenvalue weighted by Crippen LogP contribution is 2.24. The molecule has 1 aliphatic heterocycles. The number of likely N-dealkylation sites (N-methyl/N-ethyl adjacent to an activating group) is 1. The van der Waals surface area contributed by atoms with Gasteiger partial charge in [-0.2, -0.15) is 0 Å². The standard InChI is InChI=1S/C19H24BrN3O4S/c1-14(23-11-9-22(2)10-12-23)13-21-19(24)17-7-8-18(27-17)28(25,26)16-5-3-15(20)4-6-16/h3-8,14H,9-13H2,1-2H3,(H,21,24)/t14-/m1/s1. The summed E-state index contributed by atoms with van der Waals surface area (Å²) in [4.78, 5) is 17.1. The predicted octanol–water partition coefficient (Wildman–Crippen LogP) is 2.24. The molecule has 7 nitrogen and oxygen atoms in total. The number of piperazine rings is 1. The van der Waals surface area contributed by atoms with Crippen molar-refractivity contribution in [2.45, 2.75) is 23.0 Å². The quantitative estimate of drug-likeness (QED) is 0.698. The second kappa shape index (κ2) is 8.77. The Bertz CT molecular complexity index is 919. The number of rotatable bonds is 6. The maximum Gasteiger partial charge on any atom is 0.287 e. The van der Waals surface area contributed by atoms with E-state index in [-0.39, 0.29) is 21.8 Å². The largest absolute Gasteiger partial charge is 0.439 e. The molecule has 9 heteroatoms. The molecule has 1 N–H and O–H groups in total. The van der Waals surface area contributed by atoms with Crippen LogP contribution < -0.4 is 5.32 Å². The lowest BCUT2D eigenvalue weighted by atomic mass is 10.2. The van der Waals surface area contributed by atoms with Crippen molar-refractivity contribution in [2.24, 2.45) is 0 Å². The van der Waals surface area contributed by atoms with Gasteiger partial charge >= 0.3 is 0 Å². The number of furan rings is 1. The van der Waals surface area contributed by atoms with E-state index in [0.717, 1.165) is 30.7 Å². The van der Waals surface area contributed by atoms with E-state index in [9.17, 15) is 13.2 Å². The van der Waals surface area contributed by atoms with Crippen LogP contribution in [0.25, 0.3) is 0 Å². The molecular formula is C19H24BrN3O4S. The fourth-order valence-corrected chi connectivity index (χ4v) is 4.47. The van der Waals surface area contributed by atoms with Crippen molar-refractivity contribution in [3.05, 3.63) is 46.6 Å². The minimum Gasteiger partial charge on any atom is -0.439 e. The first-order valence-corrected chi connectivity index (χ1v) is 11.4. The first-order chi connectivity index (χ1) is 13.3. The molecule has 3 rings (SSSR count). The van der Waals surface area contributed by atoms with E-state index < -0.39 is 15.7 Å². The number of nitrogens with one attached hydrogen (secondary N) is 1. The zero-order valence-corrected chi connectivity index (χ0v) is 18.3. The monoisotopic (exact) mass is 469 g/mol. The number of benzene rings is 1. The lowest BCUT2D eigenvalue weighted by Gasteiger charge is -2.36. The van der Waals surface area contributed by atoms with Crippen molar-refractivity contribution < 1.29 is 17.6 Å². The predicted molar refractivity (Wildman–Crippen MR) is 109 cm³/mol. The highest BCUT2D eigenvalue weighted by atomic mass is 79.9. The Labute approximate surface area is 173 Å². The molecule has 152 valence electrons. The molecule has 0 spiro atoms. The fourth-order valence-electron chi connectivity index (χ4n) is 3.04. The summed E-state index contributed by atoms with van der Waals surface area (Å²) in [7, 11) is -1.70. The lowest BCUT2D eigenvalue weighted by Crippen LogP contribution is -2.51. The number of hydrogen-bond donors (Lipinski definition) is 1. The third kappa shape index (κ3) is 4.83. The Kier molecular flexibility index (Phi) is 6.59. The van der Waals surface area contributed by atoms with Gasteiger partial charge in [-0.15, -0.1) is 0 Å². The molecule has 1 amide bonds. The van der Waals surface area contributed by atoms with Crippen LogP contribution in [0.4, 0.5) is 0 Å². The zero-order chi connectivity index (χ0) is 20.3. The fraction of sp³-hybridized carbons (Fsp3) is 0.421. The van der Waals surface area contributed by atoms with E-state index >= 15 is 0 Å². The average molecular weight is 470 g/mol. The third-order valence-electron chi connectivity index (χ3n) is 4.91. The van der Waals surface area contributed by atoms with Gasteiger partial charge in [-0.1, -0.05) is 15.9 Å². The van der Waals surface area contributed by atoms with Gasteiger partial charge in [0.1, 0.15) is 0 Å². The third-order valence-corrected chi connectivity index (χ3v) is 7.08. The minimum absolute atomic E-state index is 0.0127. The molecule has 1 saturated heterocycles. The number of carbonyl (C=O) groups is 1. The van der Waals surface area contributed by atoms with E-state index in [4.69, 9.17) is 4.42 Å². The molecule has 0 radical (unpaired) electrons. The molecule has 0 unspecified atom stereocenters. The topological polar surface area (TPSA) is 82.9 Å². The summed E-state index contributed by atoms with van der Waals surface area (Å²) in [5.41, 5.74) is 0. The van der Waals surface area contributed by atoms with Gasteiger partial charge in [0.2, 0.25) is 14.9 Å². The molecule has 28 heavy (non-hydrogen) atoms. The Balaban J connectivity index is 1.61. The van der Waals surface area contributed by atoms with E-state index in [2.05, 4.69) is 45.0 Å². The maximum atomic E-state index is 12.6. The number of hydrogen-bond acceptors (Lipinski definition) is 6. The molecule has 2 aromatic rings. The first-order valence-electron chi connectivity index (χ1n) is 9.08. The average Bonchev–Trinajstić information content (AvgIpc) is 3.18. The van der Waals surface area contributed by atoms with Gasteiger partial charge in [0, 0.05) is 43.2 Å².